The number of rotatable bonds is 8. The molecule has 0 atom stereocenters. The van der Waals surface area contributed by atoms with E-state index in [1.165, 1.54) is 25.7 Å². The summed E-state index contributed by atoms with van der Waals surface area (Å²) in [5.74, 6) is 0.150. The minimum absolute atomic E-state index is 0.150. The fourth-order valence-electron chi connectivity index (χ4n) is 1.92. The molecule has 18 heavy (non-hydrogen) atoms. The van der Waals surface area contributed by atoms with Gasteiger partial charge in [0.05, 0.1) is 5.02 Å². The number of carbonyl (C=O) groups excluding carboxylic acids is 1. The van der Waals surface area contributed by atoms with Gasteiger partial charge in [0.25, 0.3) is 0 Å². The summed E-state index contributed by atoms with van der Waals surface area (Å²) in [5.41, 5.74) is 0.639. The largest absolute Gasteiger partial charge is 0.294 e. The molecule has 1 aromatic carbocycles. The van der Waals surface area contributed by atoms with E-state index in [1.54, 1.807) is 6.07 Å². The molecule has 0 aromatic heterocycles. The van der Waals surface area contributed by atoms with Crippen LogP contribution in [0.5, 0.6) is 0 Å². The lowest BCUT2D eigenvalue weighted by atomic mass is 10.0. The number of benzene rings is 1. The average molecular weight is 332 g/mol. The smallest absolute Gasteiger partial charge is 0.164 e. The maximum absolute atomic E-state index is 12.0. The van der Waals surface area contributed by atoms with E-state index >= 15 is 0 Å². The maximum atomic E-state index is 12.0. The summed E-state index contributed by atoms with van der Waals surface area (Å²) in [4.78, 5) is 12.0. The number of hydrogen-bond acceptors (Lipinski definition) is 1. The quantitative estimate of drug-likeness (QED) is 0.419. The molecule has 0 saturated carbocycles. The van der Waals surface area contributed by atoms with Crippen molar-refractivity contribution in [3.63, 3.8) is 0 Å². The van der Waals surface area contributed by atoms with Crippen LogP contribution in [-0.2, 0) is 0 Å². The topological polar surface area (TPSA) is 17.1 Å². The van der Waals surface area contributed by atoms with Crippen LogP contribution >= 0.6 is 27.5 Å². The van der Waals surface area contributed by atoms with E-state index in [-0.39, 0.29) is 5.78 Å². The highest BCUT2D eigenvalue weighted by atomic mass is 79.9. The molecule has 100 valence electrons. The summed E-state index contributed by atoms with van der Waals surface area (Å²) in [6, 6.07) is 5.50. The van der Waals surface area contributed by atoms with E-state index in [0.717, 1.165) is 17.3 Å². The molecule has 0 fully saturated rings. The molecule has 0 aliphatic heterocycles. The number of unbranched alkanes of at least 4 members (excludes halogenated alkanes) is 5. The Morgan fingerprint density at radius 2 is 1.83 bits per heavy atom. The van der Waals surface area contributed by atoms with Crippen molar-refractivity contribution < 1.29 is 4.79 Å². The zero-order chi connectivity index (χ0) is 13.4. The SMILES string of the molecule is CCCCCCCCC(=O)c1cccc(Br)c1Cl. The van der Waals surface area contributed by atoms with Gasteiger partial charge in [0.15, 0.2) is 5.78 Å². The Balaban J connectivity index is 2.35. The Kier molecular flexibility index (Phi) is 7.60. The highest BCUT2D eigenvalue weighted by Crippen LogP contribution is 2.27. The molecule has 0 aliphatic carbocycles. The van der Waals surface area contributed by atoms with Gasteiger partial charge in [0, 0.05) is 16.5 Å². The first kappa shape index (κ1) is 15.7. The molecule has 0 unspecified atom stereocenters. The molecular weight excluding hydrogens is 312 g/mol. The molecule has 1 nitrogen and oxygen atoms in total. The zero-order valence-electron chi connectivity index (χ0n) is 10.8. The molecule has 0 N–H and O–H groups in total. The van der Waals surface area contributed by atoms with Crippen LogP contribution in [0.15, 0.2) is 22.7 Å². The summed E-state index contributed by atoms with van der Waals surface area (Å²) < 4.78 is 0.790. The minimum Gasteiger partial charge on any atom is -0.294 e. The first-order valence-electron chi connectivity index (χ1n) is 6.64. The van der Waals surface area contributed by atoms with Crippen molar-refractivity contribution in [1.29, 1.82) is 0 Å². The molecule has 1 aromatic rings. The molecule has 0 radical (unpaired) electrons. The van der Waals surface area contributed by atoms with Gasteiger partial charge >= 0.3 is 0 Å². The normalized spacial score (nSPS) is 10.6. The van der Waals surface area contributed by atoms with Crippen molar-refractivity contribution in [2.75, 3.05) is 0 Å². The number of halogens is 2. The van der Waals surface area contributed by atoms with E-state index in [9.17, 15) is 4.79 Å². The molecule has 0 heterocycles. The number of Topliss-reactive ketones (excluding diaryl/α,β-unsaturated/α-hetero) is 1. The molecule has 0 amide bonds. The predicted octanol–water partition coefficient (Wildman–Crippen LogP) is 6.04. The minimum atomic E-state index is 0.150. The highest BCUT2D eigenvalue weighted by molar-refractivity contribution is 9.10. The van der Waals surface area contributed by atoms with Gasteiger partial charge < -0.3 is 0 Å². The lowest BCUT2D eigenvalue weighted by molar-refractivity contribution is 0.0979. The van der Waals surface area contributed by atoms with Crippen LogP contribution in [0.2, 0.25) is 5.02 Å². The van der Waals surface area contributed by atoms with Crippen LogP contribution in [-0.4, -0.2) is 5.78 Å². The summed E-state index contributed by atoms with van der Waals surface area (Å²) in [7, 11) is 0. The van der Waals surface area contributed by atoms with Gasteiger partial charge in [-0.1, -0.05) is 56.7 Å². The van der Waals surface area contributed by atoms with Crippen LogP contribution in [0.1, 0.15) is 62.2 Å². The molecule has 0 spiro atoms. The first-order chi connectivity index (χ1) is 8.66. The lowest BCUT2D eigenvalue weighted by Crippen LogP contribution is -2.00. The molecule has 0 aliphatic rings. The van der Waals surface area contributed by atoms with E-state index in [2.05, 4.69) is 22.9 Å². The van der Waals surface area contributed by atoms with E-state index < -0.39 is 0 Å². The van der Waals surface area contributed by atoms with E-state index in [1.807, 2.05) is 12.1 Å². The van der Waals surface area contributed by atoms with Crippen LogP contribution in [0.3, 0.4) is 0 Å². The lowest BCUT2D eigenvalue weighted by Gasteiger charge is -2.05. The van der Waals surface area contributed by atoms with Crippen LogP contribution in [0.4, 0.5) is 0 Å². The number of carbonyl (C=O) groups is 1. The van der Waals surface area contributed by atoms with Gasteiger partial charge in [0.1, 0.15) is 0 Å². The van der Waals surface area contributed by atoms with Crippen molar-refractivity contribution >= 4 is 33.3 Å². The third-order valence-corrected chi connectivity index (χ3v) is 4.31. The third kappa shape index (κ3) is 5.11. The Bertz CT molecular complexity index is 390. The second kappa shape index (κ2) is 8.71. The van der Waals surface area contributed by atoms with Crippen molar-refractivity contribution in [2.24, 2.45) is 0 Å². The van der Waals surface area contributed by atoms with Crippen molar-refractivity contribution in [2.45, 2.75) is 51.9 Å². The highest BCUT2D eigenvalue weighted by Gasteiger charge is 2.11. The third-order valence-electron chi connectivity index (χ3n) is 3.01. The summed E-state index contributed by atoms with van der Waals surface area (Å²) in [6.07, 6.45) is 7.76. The molecule has 3 heteroatoms. The Morgan fingerprint density at radius 1 is 1.17 bits per heavy atom. The zero-order valence-corrected chi connectivity index (χ0v) is 13.2. The predicted molar refractivity (Wildman–Crippen MR) is 81.5 cm³/mol. The van der Waals surface area contributed by atoms with Crippen molar-refractivity contribution in [3.05, 3.63) is 33.3 Å². The van der Waals surface area contributed by atoms with Crippen molar-refractivity contribution in [3.8, 4) is 0 Å². The fraction of sp³-hybridized carbons (Fsp3) is 0.533. The molecule has 1 rings (SSSR count). The van der Waals surface area contributed by atoms with Crippen LogP contribution in [0, 0.1) is 0 Å². The Morgan fingerprint density at radius 3 is 2.56 bits per heavy atom. The molecular formula is C15H20BrClO. The van der Waals surface area contributed by atoms with Crippen LogP contribution in [0.25, 0.3) is 0 Å². The molecule has 0 saturated heterocycles. The first-order valence-corrected chi connectivity index (χ1v) is 7.81. The fourth-order valence-corrected chi connectivity index (χ4v) is 2.52. The summed E-state index contributed by atoms with van der Waals surface area (Å²) in [6.45, 7) is 2.21. The Labute approximate surface area is 123 Å². The average Bonchev–Trinajstić information content (AvgIpc) is 2.36. The monoisotopic (exact) mass is 330 g/mol. The van der Waals surface area contributed by atoms with Gasteiger partial charge in [-0.15, -0.1) is 0 Å². The van der Waals surface area contributed by atoms with Gasteiger partial charge in [-0.3, -0.25) is 4.79 Å². The maximum Gasteiger partial charge on any atom is 0.164 e. The summed E-state index contributed by atoms with van der Waals surface area (Å²) >= 11 is 9.44. The molecule has 0 bridgehead atoms. The van der Waals surface area contributed by atoms with E-state index in [4.69, 9.17) is 11.6 Å². The van der Waals surface area contributed by atoms with Gasteiger partial charge in [-0.2, -0.15) is 0 Å². The Hall–Kier alpha value is -0.340. The summed E-state index contributed by atoms with van der Waals surface area (Å²) in [5, 5.41) is 0.536. The van der Waals surface area contributed by atoms with Gasteiger partial charge in [-0.25, -0.2) is 0 Å². The number of hydrogen-bond donors (Lipinski definition) is 0. The van der Waals surface area contributed by atoms with Crippen LogP contribution < -0.4 is 0 Å². The van der Waals surface area contributed by atoms with Gasteiger partial charge in [-0.05, 0) is 34.5 Å². The standard InChI is InChI=1S/C15H20BrClO/c1-2-3-4-5-6-7-11-14(18)12-9-8-10-13(16)15(12)17/h8-10H,2-7,11H2,1H3. The number of ketones is 1. The second-order valence-corrected chi connectivity index (χ2v) is 5.77. The van der Waals surface area contributed by atoms with E-state index in [0.29, 0.717) is 17.0 Å². The van der Waals surface area contributed by atoms with Crippen molar-refractivity contribution in [1.82, 2.24) is 0 Å². The second-order valence-electron chi connectivity index (χ2n) is 4.54. The van der Waals surface area contributed by atoms with Gasteiger partial charge in [0.2, 0.25) is 0 Å².